The number of hydrogen-bond acceptors (Lipinski definition) is 2. The molecule has 0 radical (unpaired) electrons. The summed E-state index contributed by atoms with van der Waals surface area (Å²) >= 11 is 3.12. The Morgan fingerprint density at radius 1 is 1.44 bits per heavy atom. The van der Waals surface area contributed by atoms with Crippen molar-refractivity contribution >= 4 is 15.9 Å². The number of hydrogen-bond donors (Lipinski definition) is 1. The number of benzene rings is 1. The van der Waals surface area contributed by atoms with Crippen molar-refractivity contribution in [2.24, 2.45) is 5.92 Å². The zero-order valence-corrected chi connectivity index (χ0v) is 11.2. The lowest BCUT2D eigenvalue weighted by Crippen LogP contribution is -2.24. The van der Waals surface area contributed by atoms with Gasteiger partial charge in [0.15, 0.2) is 0 Å². The van der Waals surface area contributed by atoms with Gasteiger partial charge < -0.3 is 10.1 Å². The van der Waals surface area contributed by atoms with Crippen molar-refractivity contribution < 1.29 is 9.13 Å². The molecular formula is C12H17BrFNO. The van der Waals surface area contributed by atoms with Gasteiger partial charge in [0.05, 0.1) is 4.47 Å². The Kier molecular flexibility index (Phi) is 5.77. The Bertz CT molecular complexity index is 331. The van der Waals surface area contributed by atoms with Gasteiger partial charge in [-0.2, -0.15) is 0 Å². The zero-order valence-electron chi connectivity index (χ0n) is 9.59. The summed E-state index contributed by atoms with van der Waals surface area (Å²) in [6, 6.07) is 4.65. The van der Waals surface area contributed by atoms with Crippen LogP contribution in [0, 0.1) is 11.7 Å². The average Bonchev–Trinajstić information content (AvgIpc) is 2.22. The van der Waals surface area contributed by atoms with Crippen LogP contribution in [0.2, 0.25) is 0 Å². The quantitative estimate of drug-likeness (QED) is 0.812. The molecule has 1 aromatic carbocycles. The molecule has 0 aliphatic rings. The molecule has 90 valence electrons. The molecule has 0 saturated carbocycles. The molecule has 1 N–H and O–H groups in total. The third-order valence-corrected chi connectivity index (χ3v) is 2.60. The van der Waals surface area contributed by atoms with Gasteiger partial charge in [0.1, 0.15) is 18.2 Å². The van der Waals surface area contributed by atoms with Crippen LogP contribution < -0.4 is 10.1 Å². The van der Waals surface area contributed by atoms with Gasteiger partial charge in [0, 0.05) is 6.54 Å². The monoisotopic (exact) mass is 289 g/mol. The molecule has 1 aromatic rings. The number of halogens is 2. The Morgan fingerprint density at radius 3 is 2.81 bits per heavy atom. The van der Waals surface area contributed by atoms with Gasteiger partial charge in [-0.3, -0.25) is 0 Å². The van der Waals surface area contributed by atoms with Crippen molar-refractivity contribution in [3.63, 3.8) is 0 Å². The Balaban J connectivity index is 2.24. The maximum atomic E-state index is 12.9. The predicted molar refractivity (Wildman–Crippen MR) is 67.3 cm³/mol. The molecular weight excluding hydrogens is 273 g/mol. The highest BCUT2D eigenvalue weighted by Crippen LogP contribution is 2.21. The van der Waals surface area contributed by atoms with E-state index in [1.807, 2.05) is 0 Å². The molecule has 1 rings (SSSR count). The van der Waals surface area contributed by atoms with E-state index >= 15 is 0 Å². The molecule has 0 spiro atoms. The van der Waals surface area contributed by atoms with E-state index in [9.17, 15) is 4.39 Å². The topological polar surface area (TPSA) is 21.3 Å². The van der Waals surface area contributed by atoms with Crippen LogP contribution in [-0.4, -0.2) is 19.7 Å². The minimum Gasteiger partial charge on any atom is -0.492 e. The molecule has 0 aromatic heterocycles. The molecule has 0 saturated heterocycles. The first-order valence-electron chi connectivity index (χ1n) is 5.38. The highest BCUT2D eigenvalue weighted by atomic mass is 79.9. The zero-order chi connectivity index (χ0) is 12.0. The molecule has 0 amide bonds. The van der Waals surface area contributed by atoms with Gasteiger partial charge in [0.25, 0.3) is 0 Å². The van der Waals surface area contributed by atoms with Crippen LogP contribution in [0.4, 0.5) is 4.39 Å². The van der Waals surface area contributed by atoms with Gasteiger partial charge in [-0.25, -0.2) is 4.39 Å². The predicted octanol–water partition coefficient (Wildman–Crippen LogP) is 3.21. The van der Waals surface area contributed by atoms with Gasteiger partial charge >= 0.3 is 0 Å². The summed E-state index contributed by atoms with van der Waals surface area (Å²) in [5.41, 5.74) is 0. The molecule has 0 bridgehead atoms. The average molecular weight is 290 g/mol. The maximum Gasteiger partial charge on any atom is 0.137 e. The van der Waals surface area contributed by atoms with Crippen molar-refractivity contribution in [3.05, 3.63) is 28.5 Å². The molecule has 2 nitrogen and oxygen atoms in total. The number of nitrogens with one attached hydrogen (secondary N) is 1. The largest absolute Gasteiger partial charge is 0.492 e. The van der Waals surface area contributed by atoms with Gasteiger partial charge in [0.2, 0.25) is 0 Å². The fourth-order valence-electron chi connectivity index (χ4n) is 1.20. The highest BCUT2D eigenvalue weighted by molar-refractivity contribution is 9.10. The molecule has 4 heteroatoms. The number of ether oxygens (including phenoxy) is 1. The second kappa shape index (κ2) is 6.86. The number of rotatable bonds is 6. The van der Waals surface area contributed by atoms with Crippen LogP contribution in [0.15, 0.2) is 22.7 Å². The minimum absolute atomic E-state index is 0.273. The normalized spacial score (nSPS) is 10.8. The highest BCUT2D eigenvalue weighted by Gasteiger charge is 2.00. The van der Waals surface area contributed by atoms with E-state index in [0.29, 0.717) is 22.7 Å². The first-order valence-corrected chi connectivity index (χ1v) is 6.17. The summed E-state index contributed by atoms with van der Waals surface area (Å²) in [6.07, 6.45) is 0. The third-order valence-electron chi connectivity index (χ3n) is 1.99. The van der Waals surface area contributed by atoms with Gasteiger partial charge in [-0.15, -0.1) is 0 Å². The molecule has 16 heavy (non-hydrogen) atoms. The smallest absolute Gasteiger partial charge is 0.137 e. The lowest BCUT2D eigenvalue weighted by molar-refractivity contribution is 0.310. The molecule has 0 aliphatic carbocycles. The van der Waals surface area contributed by atoms with E-state index in [0.717, 1.165) is 13.1 Å². The Morgan fingerprint density at radius 2 is 2.19 bits per heavy atom. The Labute approximate surface area is 104 Å². The van der Waals surface area contributed by atoms with E-state index in [-0.39, 0.29) is 5.82 Å². The maximum absolute atomic E-state index is 12.9. The molecule has 0 atom stereocenters. The lowest BCUT2D eigenvalue weighted by Gasteiger charge is -2.09. The van der Waals surface area contributed by atoms with E-state index < -0.39 is 0 Å². The van der Waals surface area contributed by atoms with E-state index in [4.69, 9.17) is 4.74 Å². The van der Waals surface area contributed by atoms with Crippen LogP contribution in [0.3, 0.4) is 0 Å². The first kappa shape index (κ1) is 13.5. The van der Waals surface area contributed by atoms with Crippen LogP contribution in [0.5, 0.6) is 5.75 Å². The first-order chi connectivity index (χ1) is 7.59. The molecule has 0 fully saturated rings. The minimum atomic E-state index is -0.273. The van der Waals surface area contributed by atoms with Crippen molar-refractivity contribution in [1.29, 1.82) is 0 Å². The summed E-state index contributed by atoms with van der Waals surface area (Å²) in [4.78, 5) is 0. The van der Waals surface area contributed by atoms with Gasteiger partial charge in [-0.1, -0.05) is 13.8 Å². The van der Waals surface area contributed by atoms with Crippen molar-refractivity contribution in [3.8, 4) is 5.75 Å². The van der Waals surface area contributed by atoms with Crippen LogP contribution in [-0.2, 0) is 0 Å². The van der Waals surface area contributed by atoms with Gasteiger partial charge in [-0.05, 0) is 46.6 Å². The third kappa shape index (κ3) is 4.94. The van der Waals surface area contributed by atoms with Crippen molar-refractivity contribution in [2.75, 3.05) is 19.7 Å². The molecule has 0 aliphatic heterocycles. The summed E-state index contributed by atoms with van der Waals surface area (Å²) in [5, 5.41) is 3.27. The van der Waals surface area contributed by atoms with Crippen molar-refractivity contribution in [2.45, 2.75) is 13.8 Å². The van der Waals surface area contributed by atoms with Crippen LogP contribution in [0.1, 0.15) is 13.8 Å². The summed E-state index contributed by atoms with van der Waals surface area (Å²) in [6.45, 7) is 6.68. The van der Waals surface area contributed by atoms with Crippen molar-refractivity contribution in [1.82, 2.24) is 5.32 Å². The summed E-state index contributed by atoms with van der Waals surface area (Å²) in [5.74, 6) is 1.05. The lowest BCUT2D eigenvalue weighted by atomic mass is 10.2. The van der Waals surface area contributed by atoms with Crippen LogP contribution >= 0.6 is 15.9 Å². The molecule has 0 unspecified atom stereocenters. The fourth-order valence-corrected chi connectivity index (χ4v) is 1.56. The SMILES string of the molecule is CC(C)CNCCOc1ccc(F)c(Br)c1. The second-order valence-electron chi connectivity index (χ2n) is 4.02. The van der Waals surface area contributed by atoms with E-state index in [1.54, 1.807) is 12.1 Å². The van der Waals surface area contributed by atoms with Crippen LogP contribution in [0.25, 0.3) is 0 Å². The fraction of sp³-hybridized carbons (Fsp3) is 0.500. The second-order valence-corrected chi connectivity index (χ2v) is 4.88. The Hall–Kier alpha value is -0.610. The van der Waals surface area contributed by atoms with E-state index in [1.165, 1.54) is 6.07 Å². The van der Waals surface area contributed by atoms with E-state index in [2.05, 4.69) is 35.1 Å². The summed E-state index contributed by atoms with van der Waals surface area (Å²) in [7, 11) is 0. The standard InChI is InChI=1S/C12H17BrFNO/c1-9(2)8-15-5-6-16-10-3-4-12(14)11(13)7-10/h3-4,7,9,15H,5-6,8H2,1-2H3. The molecule has 0 heterocycles. The summed E-state index contributed by atoms with van der Waals surface area (Å²) < 4.78 is 18.8.